The number of nitrogens with two attached hydrogens (primary N) is 1. The molecule has 1 fully saturated rings. The summed E-state index contributed by atoms with van der Waals surface area (Å²) in [6.07, 6.45) is 3.79. The molecule has 12 nitrogen and oxygen atoms in total. The average molecular weight is 565 g/mol. The number of fused-ring (bicyclic) bond motifs is 1. The minimum atomic E-state index is -1.18. The van der Waals surface area contributed by atoms with Gasteiger partial charge in [0.15, 0.2) is 10.8 Å². The van der Waals surface area contributed by atoms with Crippen molar-refractivity contribution < 1.29 is 29.0 Å². The average Bonchev–Trinajstić information content (AvgIpc) is 3.29. The predicted octanol–water partition coefficient (Wildman–Crippen LogP) is 0.846. The van der Waals surface area contributed by atoms with Crippen molar-refractivity contribution in [1.29, 1.82) is 0 Å². The van der Waals surface area contributed by atoms with Gasteiger partial charge >= 0.3 is 5.97 Å². The minimum Gasteiger partial charge on any atom is -0.477 e. The van der Waals surface area contributed by atoms with E-state index in [2.05, 4.69) is 20.9 Å². The number of carbonyl (C=O) groups is 3. The summed E-state index contributed by atoms with van der Waals surface area (Å²) in [5, 5.41) is 17.6. The fourth-order valence-electron chi connectivity index (χ4n) is 3.76. The van der Waals surface area contributed by atoms with Crippen molar-refractivity contribution in [3.8, 4) is 0 Å². The maximum absolute atomic E-state index is 13.0. The van der Waals surface area contributed by atoms with E-state index in [1.165, 1.54) is 35.5 Å². The van der Waals surface area contributed by atoms with Crippen molar-refractivity contribution in [2.24, 2.45) is 5.16 Å². The van der Waals surface area contributed by atoms with Gasteiger partial charge in [0, 0.05) is 33.9 Å². The lowest BCUT2D eigenvalue weighted by Crippen LogP contribution is -2.71. The zero-order valence-electron chi connectivity index (χ0n) is 20.2. The Morgan fingerprint density at radius 2 is 2.14 bits per heavy atom. The molecule has 1 saturated heterocycles. The highest BCUT2D eigenvalue weighted by Crippen LogP contribution is 2.41. The van der Waals surface area contributed by atoms with E-state index < -0.39 is 29.2 Å². The minimum absolute atomic E-state index is 0.0303. The molecule has 0 aliphatic carbocycles. The number of nitrogen functional groups attached to an aromatic ring is 1. The van der Waals surface area contributed by atoms with Crippen LogP contribution in [-0.2, 0) is 19.2 Å². The van der Waals surface area contributed by atoms with Crippen molar-refractivity contribution in [3.05, 3.63) is 46.9 Å². The molecule has 15 heteroatoms. The van der Waals surface area contributed by atoms with Crippen LogP contribution < -0.4 is 21.2 Å². The first-order valence-electron chi connectivity index (χ1n) is 11.1. The van der Waals surface area contributed by atoms with Gasteiger partial charge in [0.1, 0.15) is 29.9 Å². The van der Waals surface area contributed by atoms with Gasteiger partial charge in [-0.05, 0) is 19.4 Å². The summed E-state index contributed by atoms with van der Waals surface area (Å²) >= 11 is 4.03. The zero-order valence-corrected chi connectivity index (χ0v) is 22.7. The molecule has 5 N–H and O–H groups in total. The molecule has 4 heterocycles. The molecule has 0 spiro atoms. The Morgan fingerprint density at radius 3 is 2.73 bits per heavy atom. The summed E-state index contributed by atoms with van der Waals surface area (Å²) in [5.74, 6) is -1.51. The van der Waals surface area contributed by atoms with Gasteiger partial charge in [0.2, 0.25) is 12.4 Å². The highest BCUT2D eigenvalue weighted by atomic mass is 32.2. The number of carbonyl (C=O) groups excluding carboxylic acids is 2. The Balaban J connectivity index is 1.44. The Labute approximate surface area is 225 Å². The quantitative estimate of drug-likeness (QED) is 0.107. The number of nitrogens with one attached hydrogen (secondary N) is 2. The summed E-state index contributed by atoms with van der Waals surface area (Å²) in [6, 6.07) is 3.26. The molecule has 2 amide bonds. The van der Waals surface area contributed by atoms with E-state index in [1.54, 1.807) is 5.38 Å². The second-order valence-corrected chi connectivity index (χ2v) is 11.4. The summed E-state index contributed by atoms with van der Waals surface area (Å²) in [5.41, 5.74) is 9.61. The number of rotatable bonds is 10. The topological polar surface area (TPSA) is 163 Å². The van der Waals surface area contributed by atoms with Gasteiger partial charge in [-0.25, -0.2) is 9.78 Å². The van der Waals surface area contributed by atoms with Crippen LogP contribution in [0.4, 0.5) is 5.13 Å². The van der Waals surface area contributed by atoms with Crippen LogP contribution >= 0.6 is 34.9 Å². The van der Waals surface area contributed by atoms with Gasteiger partial charge in [-0.15, -0.1) is 34.9 Å². The molecule has 2 atom stereocenters. The number of hydrogen-bond acceptors (Lipinski definition) is 11. The number of carboxylic acid groups (broad SMARTS) is 1. The Kier molecular flexibility index (Phi) is 8.24. The predicted molar refractivity (Wildman–Crippen MR) is 142 cm³/mol. The lowest BCUT2D eigenvalue weighted by atomic mass is 10.0. The number of aliphatic carboxylic acids is 1. The Morgan fingerprint density at radius 1 is 1.41 bits per heavy atom. The van der Waals surface area contributed by atoms with E-state index in [1.807, 2.05) is 43.0 Å². The molecule has 0 unspecified atom stereocenters. The van der Waals surface area contributed by atoms with Gasteiger partial charge in [0.25, 0.3) is 11.8 Å². The number of β-lactam (4-membered cyclic amide) rings is 1. The maximum Gasteiger partial charge on any atom is 0.352 e. The van der Waals surface area contributed by atoms with Gasteiger partial charge in [-0.1, -0.05) is 9.83 Å². The van der Waals surface area contributed by atoms with Gasteiger partial charge < -0.3 is 21.0 Å². The van der Waals surface area contributed by atoms with Crippen molar-refractivity contribution in [3.63, 3.8) is 0 Å². The molecular weight excluding hydrogens is 538 g/mol. The van der Waals surface area contributed by atoms with E-state index in [0.717, 1.165) is 16.2 Å². The van der Waals surface area contributed by atoms with Gasteiger partial charge in [-0.3, -0.25) is 14.5 Å². The summed E-state index contributed by atoms with van der Waals surface area (Å²) in [7, 11) is 1.29. The summed E-state index contributed by atoms with van der Waals surface area (Å²) in [6.45, 7) is 4.08. The van der Waals surface area contributed by atoms with Crippen molar-refractivity contribution in [2.45, 2.75) is 36.2 Å². The monoisotopic (exact) mass is 564 g/mol. The SMILES string of the molecule is CON=C(C(=O)N[C@@H]1C(=O)N2C(C(=O)O)=C(CSc3cc[n+](NC(C)C)cc3)CS[C@H]12)c1csc(N)n1. The Hall–Kier alpha value is -3.30. The molecule has 0 aromatic carbocycles. The number of carboxylic acids is 1. The van der Waals surface area contributed by atoms with Gasteiger partial charge in [-0.2, -0.15) is 5.43 Å². The molecule has 2 aromatic rings. The lowest BCUT2D eigenvalue weighted by Gasteiger charge is -2.49. The lowest BCUT2D eigenvalue weighted by molar-refractivity contribution is -0.653. The number of amides is 2. The maximum atomic E-state index is 13.0. The number of pyridine rings is 1. The number of oxime groups is 1. The van der Waals surface area contributed by atoms with Crippen molar-refractivity contribution in [2.75, 3.05) is 29.8 Å². The first kappa shape index (κ1) is 26.8. The third kappa shape index (κ3) is 5.83. The standard InChI is InChI=1S/C22H25N7O5S3/c1-11(2)26-28-6-4-13(5-7-28)35-8-12-9-36-20-16(19(31)29(20)17(12)21(32)33)25-18(30)15(27-34-3)14-10-37-22(23)24-14/h4-7,10-11,16,20,26H,8-9H2,1-3H3,(H3-,23,24,25,30,32,33)/p+1/t16-,20-/m1/s1. The summed E-state index contributed by atoms with van der Waals surface area (Å²) < 4.78 is 1.86. The van der Waals surface area contributed by atoms with E-state index in [0.29, 0.717) is 17.1 Å². The van der Waals surface area contributed by atoms with E-state index in [-0.39, 0.29) is 28.3 Å². The molecule has 37 heavy (non-hydrogen) atoms. The van der Waals surface area contributed by atoms with Crippen LogP contribution in [0.1, 0.15) is 19.5 Å². The second-order valence-electron chi connectivity index (χ2n) is 8.33. The number of aromatic nitrogens is 2. The van der Waals surface area contributed by atoms with Crippen LogP contribution in [0, 0.1) is 0 Å². The van der Waals surface area contributed by atoms with Crippen molar-refractivity contribution >= 4 is 63.5 Å². The van der Waals surface area contributed by atoms with Crippen LogP contribution in [0.25, 0.3) is 0 Å². The number of hydrogen-bond donors (Lipinski definition) is 4. The first-order valence-corrected chi connectivity index (χ1v) is 14.0. The molecular formula is C22H26N7O5S3+. The summed E-state index contributed by atoms with van der Waals surface area (Å²) in [4.78, 5) is 49.0. The first-order chi connectivity index (χ1) is 17.7. The number of nitrogens with zero attached hydrogens (tertiary/aromatic N) is 4. The Bertz CT molecular complexity index is 1260. The van der Waals surface area contributed by atoms with Crippen LogP contribution in [0.15, 0.2) is 51.2 Å². The van der Waals surface area contributed by atoms with Crippen LogP contribution in [0.2, 0.25) is 0 Å². The molecule has 4 rings (SSSR count). The van der Waals surface area contributed by atoms with E-state index in [4.69, 9.17) is 10.6 Å². The number of thiazole rings is 1. The molecule has 0 saturated carbocycles. The van der Waals surface area contributed by atoms with Gasteiger partial charge in [0.05, 0.1) is 6.04 Å². The highest BCUT2D eigenvalue weighted by Gasteiger charge is 2.54. The highest BCUT2D eigenvalue weighted by molar-refractivity contribution is 8.01. The fourth-order valence-corrected chi connectivity index (χ4v) is 6.68. The molecule has 2 aromatic heterocycles. The normalized spacial score (nSPS) is 19.4. The smallest absolute Gasteiger partial charge is 0.352 e. The van der Waals surface area contributed by atoms with E-state index >= 15 is 0 Å². The molecule has 0 bridgehead atoms. The molecule has 0 radical (unpaired) electrons. The fraction of sp³-hybridized carbons (Fsp3) is 0.364. The van der Waals surface area contributed by atoms with Crippen LogP contribution in [0.5, 0.6) is 0 Å². The van der Waals surface area contributed by atoms with E-state index in [9.17, 15) is 19.5 Å². The third-order valence-corrected chi connectivity index (χ3v) is 8.43. The second kappa shape index (κ2) is 11.4. The van der Waals surface area contributed by atoms with Crippen LogP contribution in [0.3, 0.4) is 0 Å². The largest absolute Gasteiger partial charge is 0.477 e. The van der Waals surface area contributed by atoms with Crippen molar-refractivity contribution in [1.82, 2.24) is 15.2 Å². The third-order valence-electron chi connectivity index (χ3n) is 5.32. The molecule has 196 valence electrons. The number of thioether (sulfide) groups is 2. The molecule has 2 aliphatic heterocycles. The van der Waals surface area contributed by atoms with Crippen LogP contribution in [-0.4, -0.2) is 74.6 Å². The molecule has 2 aliphatic rings. The zero-order chi connectivity index (χ0) is 26.7. The number of anilines is 1.